The van der Waals surface area contributed by atoms with E-state index in [9.17, 15) is 19.4 Å². The van der Waals surface area contributed by atoms with Crippen LogP contribution in [0.5, 0.6) is 5.75 Å². The van der Waals surface area contributed by atoms with Gasteiger partial charge in [0.2, 0.25) is 0 Å². The number of carbonyl (C=O) groups excluding carboxylic acids is 1. The molecular weight excluding hydrogens is 299 g/mol. The maximum atomic E-state index is 13.4. The van der Waals surface area contributed by atoms with Gasteiger partial charge in [-0.25, -0.2) is 4.39 Å². The van der Waals surface area contributed by atoms with Gasteiger partial charge in [-0.2, -0.15) is 0 Å². The number of amides is 1. The molecule has 1 amide bonds. The van der Waals surface area contributed by atoms with Gasteiger partial charge in [0.05, 0.1) is 17.8 Å². The van der Waals surface area contributed by atoms with Crippen LogP contribution in [0, 0.1) is 11.7 Å². The van der Waals surface area contributed by atoms with E-state index in [0.29, 0.717) is 18.5 Å². The Morgan fingerprint density at radius 3 is 2.70 bits per heavy atom. The summed E-state index contributed by atoms with van der Waals surface area (Å²) in [4.78, 5) is 16.6. The number of rotatable bonds is 4. The third-order valence-corrected chi connectivity index (χ3v) is 4.12. The molecule has 6 heteroatoms. The first-order valence-corrected chi connectivity index (χ1v) is 7.43. The number of halogens is 1. The largest absolute Gasteiger partial charge is 0.505 e. The monoisotopic (exact) mass is 316 g/mol. The number of carbonyl (C=O) groups is 1. The molecule has 0 radical (unpaired) electrons. The van der Waals surface area contributed by atoms with Crippen molar-refractivity contribution in [3.8, 4) is 5.75 Å². The number of phenols is 1. The van der Waals surface area contributed by atoms with Gasteiger partial charge in [-0.1, -0.05) is 6.07 Å². The first-order chi connectivity index (χ1) is 11.0. The van der Waals surface area contributed by atoms with Crippen molar-refractivity contribution >= 4 is 5.91 Å². The van der Waals surface area contributed by atoms with Gasteiger partial charge in [0.25, 0.3) is 5.91 Å². The van der Waals surface area contributed by atoms with Gasteiger partial charge < -0.3 is 15.5 Å². The van der Waals surface area contributed by atoms with Crippen LogP contribution in [0.1, 0.15) is 34.9 Å². The minimum Gasteiger partial charge on any atom is -0.505 e. The first kappa shape index (κ1) is 15.4. The SMILES string of the molecule is O=C(N[C@@H](c1ccccn1)C1CC(O)C1)c1ccc(O)c(F)c1. The molecule has 1 atom stereocenters. The maximum Gasteiger partial charge on any atom is 0.251 e. The second-order valence-corrected chi connectivity index (χ2v) is 5.76. The van der Waals surface area contributed by atoms with Crippen molar-refractivity contribution in [2.24, 2.45) is 5.92 Å². The van der Waals surface area contributed by atoms with Crippen LogP contribution in [-0.2, 0) is 0 Å². The second-order valence-electron chi connectivity index (χ2n) is 5.76. The van der Waals surface area contributed by atoms with Crippen molar-refractivity contribution in [2.45, 2.75) is 25.0 Å². The highest BCUT2D eigenvalue weighted by Gasteiger charge is 2.36. The Labute approximate surface area is 132 Å². The molecule has 1 aromatic heterocycles. The zero-order valence-corrected chi connectivity index (χ0v) is 12.3. The summed E-state index contributed by atoms with van der Waals surface area (Å²) >= 11 is 0. The van der Waals surface area contributed by atoms with E-state index in [1.807, 2.05) is 12.1 Å². The van der Waals surface area contributed by atoms with Gasteiger partial charge in [0, 0.05) is 11.8 Å². The Balaban J connectivity index is 1.80. The fourth-order valence-corrected chi connectivity index (χ4v) is 2.77. The van der Waals surface area contributed by atoms with Crippen molar-refractivity contribution < 1.29 is 19.4 Å². The van der Waals surface area contributed by atoms with E-state index in [4.69, 9.17) is 0 Å². The van der Waals surface area contributed by atoms with E-state index in [-0.39, 0.29) is 23.6 Å². The van der Waals surface area contributed by atoms with E-state index in [2.05, 4.69) is 10.3 Å². The van der Waals surface area contributed by atoms with Crippen LogP contribution in [0.15, 0.2) is 42.6 Å². The number of hydrogen-bond acceptors (Lipinski definition) is 4. The molecule has 0 saturated heterocycles. The van der Waals surface area contributed by atoms with Crippen molar-refractivity contribution in [3.63, 3.8) is 0 Å². The van der Waals surface area contributed by atoms with Crippen LogP contribution in [-0.4, -0.2) is 27.2 Å². The smallest absolute Gasteiger partial charge is 0.251 e. The number of aromatic hydroxyl groups is 1. The number of phenolic OH excluding ortho intramolecular Hbond substituents is 1. The number of aliphatic hydroxyl groups is 1. The van der Waals surface area contributed by atoms with E-state index in [0.717, 1.165) is 12.1 Å². The summed E-state index contributed by atoms with van der Waals surface area (Å²) in [6.45, 7) is 0. The van der Waals surface area contributed by atoms with Crippen LogP contribution in [0.25, 0.3) is 0 Å². The van der Waals surface area contributed by atoms with Crippen molar-refractivity contribution in [1.82, 2.24) is 10.3 Å². The molecule has 1 aliphatic carbocycles. The summed E-state index contributed by atoms with van der Waals surface area (Å²) in [5.74, 6) is -1.69. The third-order valence-electron chi connectivity index (χ3n) is 4.12. The molecule has 1 saturated carbocycles. The topological polar surface area (TPSA) is 82.5 Å². The predicted molar refractivity (Wildman–Crippen MR) is 81.2 cm³/mol. The predicted octanol–water partition coefficient (Wildman–Crippen LogP) is 2.17. The Hall–Kier alpha value is -2.47. The van der Waals surface area contributed by atoms with E-state index in [1.165, 1.54) is 6.07 Å². The van der Waals surface area contributed by atoms with Crippen molar-refractivity contribution in [1.29, 1.82) is 0 Å². The van der Waals surface area contributed by atoms with Crippen LogP contribution < -0.4 is 5.32 Å². The third kappa shape index (κ3) is 3.32. The van der Waals surface area contributed by atoms with Crippen molar-refractivity contribution in [3.05, 3.63) is 59.7 Å². The Bertz CT molecular complexity index is 702. The summed E-state index contributed by atoms with van der Waals surface area (Å²) in [5.41, 5.74) is 0.832. The highest BCUT2D eigenvalue weighted by molar-refractivity contribution is 5.94. The van der Waals surface area contributed by atoms with Crippen LogP contribution >= 0.6 is 0 Å². The summed E-state index contributed by atoms with van der Waals surface area (Å²) < 4.78 is 13.4. The molecule has 1 aliphatic rings. The molecule has 1 heterocycles. The molecule has 0 unspecified atom stereocenters. The number of nitrogens with zero attached hydrogens (tertiary/aromatic N) is 1. The standard InChI is InChI=1S/C17H17FN2O3/c18-13-9-10(4-5-15(13)22)17(23)20-16(11-7-12(21)8-11)14-3-1-2-6-19-14/h1-6,9,11-12,16,21-22H,7-8H2,(H,20,23)/t11?,12?,16-/m1/s1. The Kier molecular flexibility index (Phi) is 4.25. The molecule has 23 heavy (non-hydrogen) atoms. The van der Waals surface area contributed by atoms with E-state index >= 15 is 0 Å². The van der Waals surface area contributed by atoms with E-state index in [1.54, 1.807) is 12.3 Å². The lowest BCUT2D eigenvalue weighted by Crippen LogP contribution is -2.41. The fraction of sp³-hybridized carbons (Fsp3) is 0.294. The van der Waals surface area contributed by atoms with E-state index < -0.39 is 17.5 Å². The van der Waals surface area contributed by atoms with Crippen molar-refractivity contribution in [2.75, 3.05) is 0 Å². The lowest BCUT2D eigenvalue weighted by Gasteiger charge is -2.37. The lowest BCUT2D eigenvalue weighted by molar-refractivity contribution is 0.0228. The summed E-state index contributed by atoms with van der Waals surface area (Å²) in [6, 6.07) is 8.59. The van der Waals surface area contributed by atoms with Crippen LogP contribution in [0.2, 0.25) is 0 Å². The molecule has 3 N–H and O–H groups in total. The number of aliphatic hydroxyl groups excluding tert-OH is 1. The summed E-state index contributed by atoms with van der Waals surface area (Å²) in [7, 11) is 0. The number of aromatic nitrogens is 1. The number of nitrogens with one attached hydrogen (secondary N) is 1. The van der Waals surface area contributed by atoms with Gasteiger partial charge in [-0.05, 0) is 49.1 Å². The first-order valence-electron chi connectivity index (χ1n) is 7.43. The van der Waals surface area contributed by atoms with Crippen LogP contribution in [0.3, 0.4) is 0 Å². The van der Waals surface area contributed by atoms with Gasteiger partial charge in [-0.3, -0.25) is 9.78 Å². The quantitative estimate of drug-likeness (QED) is 0.807. The second kappa shape index (κ2) is 6.34. The van der Waals surface area contributed by atoms with Crippen LogP contribution in [0.4, 0.5) is 4.39 Å². The maximum absolute atomic E-state index is 13.4. The van der Waals surface area contributed by atoms with Gasteiger partial charge in [0.15, 0.2) is 11.6 Å². The minimum absolute atomic E-state index is 0.0887. The van der Waals surface area contributed by atoms with Gasteiger partial charge >= 0.3 is 0 Å². The summed E-state index contributed by atoms with van der Waals surface area (Å²) in [6.07, 6.45) is 2.47. The number of pyridine rings is 1. The zero-order valence-electron chi connectivity index (χ0n) is 12.3. The average molecular weight is 316 g/mol. The molecule has 0 bridgehead atoms. The zero-order chi connectivity index (χ0) is 16.4. The average Bonchev–Trinajstić information content (AvgIpc) is 2.53. The van der Waals surface area contributed by atoms with Gasteiger partial charge in [0.1, 0.15) is 0 Å². The van der Waals surface area contributed by atoms with Gasteiger partial charge in [-0.15, -0.1) is 0 Å². The molecule has 120 valence electrons. The molecule has 0 aliphatic heterocycles. The normalized spacial score (nSPS) is 21.3. The fourth-order valence-electron chi connectivity index (χ4n) is 2.77. The molecule has 1 fully saturated rings. The molecule has 3 rings (SSSR count). The summed E-state index contributed by atoms with van der Waals surface area (Å²) in [5, 5.41) is 21.6. The highest BCUT2D eigenvalue weighted by Crippen LogP contribution is 2.37. The highest BCUT2D eigenvalue weighted by atomic mass is 19.1. The molecule has 5 nitrogen and oxygen atoms in total. The molecule has 1 aromatic carbocycles. The Morgan fingerprint density at radius 1 is 1.30 bits per heavy atom. The molecule has 2 aromatic rings. The number of benzene rings is 1. The molecule has 0 spiro atoms. The number of hydrogen-bond donors (Lipinski definition) is 3. The minimum atomic E-state index is -0.842. The molecular formula is C17H17FN2O3. The Morgan fingerprint density at radius 2 is 2.09 bits per heavy atom. The lowest BCUT2D eigenvalue weighted by atomic mass is 9.76.